The molecule has 1 heterocycles. The highest BCUT2D eigenvalue weighted by atomic mass is 32.1. The van der Waals surface area contributed by atoms with E-state index in [0.717, 1.165) is 42.7 Å². The van der Waals surface area contributed by atoms with Gasteiger partial charge in [0.1, 0.15) is 0 Å². The Kier molecular flexibility index (Phi) is 3.76. The summed E-state index contributed by atoms with van der Waals surface area (Å²) in [6.07, 6.45) is 3.86. The third-order valence-corrected chi connectivity index (χ3v) is 5.06. The third-order valence-electron chi connectivity index (χ3n) is 3.98. The van der Waals surface area contributed by atoms with E-state index in [9.17, 15) is 13.6 Å². The van der Waals surface area contributed by atoms with Crippen LogP contribution in [0.1, 0.15) is 40.9 Å². The van der Waals surface area contributed by atoms with E-state index in [1.165, 1.54) is 6.07 Å². The minimum absolute atomic E-state index is 0.150. The number of rotatable bonds is 3. The zero-order valence-corrected chi connectivity index (χ0v) is 12.2. The summed E-state index contributed by atoms with van der Waals surface area (Å²) < 4.78 is 26.2. The van der Waals surface area contributed by atoms with Gasteiger partial charge in [0.2, 0.25) is 0 Å². The van der Waals surface area contributed by atoms with Crippen molar-refractivity contribution in [3.8, 4) is 0 Å². The molecule has 1 saturated carbocycles. The number of thiophene rings is 1. The maximum atomic E-state index is 13.3. The van der Waals surface area contributed by atoms with Crippen LogP contribution >= 0.6 is 11.3 Å². The second-order valence-corrected chi connectivity index (χ2v) is 6.30. The Labute approximate surface area is 125 Å². The minimum atomic E-state index is -1.00. The summed E-state index contributed by atoms with van der Waals surface area (Å²) in [5, 5.41) is 5.03. The monoisotopic (exact) mass is 307 g/mol. The lowest BCUT2D eigenvalue weighted by molar-refractivity contribution is 0.0899. The fraction of sp³-hybridized carbons (Fsp3) is 0.312. The molecule has 1 N–H and O–H groups in total. The highest BCUT2D eigenvalue weighted by molar-refractivity contribution is 7.10. The zero-order valence-electron chi connectivity index (χ0n) is 11.4. The molecular formula is C16H15F2NOS. The first kappa shape index (κ1) is 14.2. The van der Waals surface area contributed by atoms with Crippen LogP contribution in [0.2, 0.25) is 0 Å². The molecule has 1 aliphatic rings. The average molecular weight is 307 g/mol. The SMILES string of the molecule is O=C(NC1(c2cccs2)CCCC1)c1ccc(F)c(F)c1. The highest BCUT2D eigenvalue weighted by Crippen LogP contribution is 2.41. The number of carbonyl (C=O) groups is 1. The Morgan fingerprint density at radius 1 is 1.14 bits per heavy atom. The Morgan fingerprint density at radius 2 is 1.90 bits per heavy atom. The topological polar surface area (TPSA) is 29.1 Å². The molecule has 0 radical (unpaired) electrons. The smallest absolute Gasteiger partial charge is 0.252 e. The van der Waals surface area contributed by atoms with Gasteiger partial charge in [-0.3, -0.25) is 4.79 Å². The molecule has 1 fully saturated rings. The van der Waals surface area contributed by atoms with Crippen LogP contribution in [0.3, 0.4) is 0 Å². The average Bonchev–Trinajstić information content (AvgIpc) is 3.13. The first-order valence-corrected chi connectivity index (χ1v) is 7.80. The van der Waals surface area contributed by atoms with Gasteiger partial charge in [0.15, 0.2) is 11.6 Å². The van der Waals surface area contributed by atoms with Crippen molar-refractivity contribution in [3.05, 3.63) is 57.8 Å². The third kappa shape index (κ3) is 2.70. The number of hydrogen-bond donors (Lipinski definition) is 1. The van der Waals surface area contributed by atoms with Crippen molar-refractivity contribution in [1.82, 2.24) is 5.32 Å². The van der Waals surface area contributed by atoms with Gasteiger partial charge in [-0.15, -0.1) is 11.3 Å². The molecule has 0 unspecified atom stereocenters. The van der Waals surface area contributed by atoms with Crippen molar-refractivity contribution in [2.24, 2.45) is 0 Å². The van der Waals surface area contributed by atoms with E-state index >= 15 is 0 Å². The largest absolute Gasteiger partial charge is 0.342 e. The molecule has 0 atom stereocenters. The Morgan fingerprint density at radius 3 is 2.52 bits per heavy atom. The summed E-state index contributed by atoms with van der Waals surface area (Å²) in [5.41, 5.74) is -0.215. The van der Waals surface area contributed by atoms with E-state index in [1.807, 2.05) is 17.5 Å². The lowest BCUT2D eigenvalue weighted by Gasteiger charge is -2.29. The van der Waals surface area contributed by atoms with Crippen LogP contribution in [0.25, 0.3) is 0 Å². The molecule has 0 spiro atoms. The first-order chi connectivity index (χ1) is 10.1. The minimum Gasteiger partial charge on any atom is -0.342 e. The summed E-state index contributed by atoms with van der Waals surface area (Å²) in [7, 11) is 0. The molecule has 2 aromatic rings. The van der Waals surface area contributed by atoms with Gasteiger partial charge < -0.3 is 5.32 Å². The molecule has 1 aliphatic carbocycles. The van der Waals surface area contributed by atoms with E-state index in [2.05, 4.69) is 5.32 Å². The maximum Gasteiger partial charge on any atom is 0.252 e. The molecule has 110 valence electrons. The molecule has 1 aromatic carbocycles. The maximum absolute atomic E-state index is 13.3. The molecule has 0 bridgehead atoms. The van der Waals surface area contributed by atoms with Crippen LogP contribution in [0, 0.1) is 11.6 Å². The summed E-state index contributed by atoms with van der Waals surface area (Å²) in [6.45, 7) is 0. The van der Waals surface area contributed by atoms with Gasteiger partial charge in [0.25, 0.3) is 5.91 Å². The second kappa shape index (κ2) is 5.56. The molecule has 5 heteroatoms. The fourth-order valence-corrected chi connectivity index (χ4v) is 3.83. The van der Waals surface area contributed by atoms with E-state index in [4.69, 9.17) is 0 Å². The number of hydrogen-bond acceptors (Lipinski definition) is 2. The van der Waals surface area contributed by atoms with Gasteiger partial charge in [0, 0.05) is 10.4 Å². The summed E-state index contributed by atoms with van der Waals surface area (Å²) in [6, 6.07) is 7.22. The molecule has 21 heavy (non-hydrogen) atoms. The van der Waals surface area contributed by atoms with Crippen LogP contribution in [-0.2, 0) is 5.54 Å². The van der Waals surface area contributed by atoms with Crippen LogP contribution in [0.5, 0.6) is 0 Å². The van der Waals surface area contributed by atoms with Crippen molar-refractivity contribution < 1.29 is 13.6 Å². The van der Waals surface area contributed by atoms with Crippen molar-refractivity contribution in [2.45, 2.75) is 31.2 Å². The number of benzene rings is 1. The molecule has 0 saturated heterocycles. The van der Waals surface area contributed by atoms with Gasteiger partial charge in [-0.25, -0.2) is 8.78 Å². The van der Waals surface area contributed by atoms with E-state index < -0.39 is 11.6 Å². The number of amides is 1. The molecule has 2 nitrogen and oxygen atoms in total. The van der Waals surface area contributed by atoms with E-state index in [1.54, 1.807) is 11.3 Å². The lowest BCUT2D eigenvalue weighted by atomic mass is 9.94. The lowest BCUT2D eigenvalue weighted by Crippen LogP contribution is -2.43. The molecular weight excluding hydrogens is 292 g/mol. The van der Waals surface area contributed by atoms with Crippen LogP contribution in [0.4, 0.5) is 8.78 Å². The standard InChI is InChI=1S/C16H15F2NOS/c17-12-6-5-11(10-13(12)18)15(20)19-16(7-1-2-8-16)14-4-3-9-21-14/h3-6,9-10H,1-2,7-8H2,(H,19,20). The zero-order chi connectivity index (χ0) is 14.9. The van der Waals surface area contributed by atoms with Crippen LogP contribution in [0.15, 0.2) is 35.7 Å². The first-order valence-electron chi connectivity index (χ1n) is 6.92. The molecule has 1 amide bonds. The highest BCUT2D eigenvalue weighted by Gasteiger charge is 2.38. The Bertz CT molecular complexity index is 648. The van der Waals surface area contributed by atoms with Crippen molar-refractivity contribution in [1.29, 1.82) is 0 Å². The van der Waals surface area contributed by atoms with Gasteiger partial charge >= 0.3 is 0 Å². The molecule has 0 aliphatic heterocycles. The quantitative estimate of drug-likeness (QED) is 0.903. The summed E-state index contributed by atoms with van der Waals surface area (Å²) in [4.78, 5) is 13.5. The van der Waals surface area contributed by atoms with E-state index in [0.29, 0.717) is 0 Å². The molecule has 3 rings (SSSR count). The number of nitrogens with one attached hydrogen (secondary N) is 1. The van der Waals surface area contributed by atoms with Gasteiger partial charge in [-0.2, -0.15) is 0 Å². The predicted octanol–water partition coefficient (Wildman–Crippen LogP) is 4.23. The van der Waals surface area contributed by atoms with Gasteiger partial charge in [0.05, 0.1) is 5.54 Å². The Balaban J connectivity index is 1.86. The normalized spacial score (nSPS) is 16.9. The predicted molar refractivity (Wildman–Crippen MR) is 78.3 cm³/mol. The Hall–Kier alpha value is -1.75. The van der Waals surface area contributed by atoms with E-state index in [-0.39, 0.29) is 17.0 Å². The van der Waals surface area contributed by atoms with Gasteiger partial charge in [-0.05, 0) is 42.5 Å². The van der Waals surface area contributed by atoms with Crippen molar-refractivity contribution in [3.63, 3.8) is 0 Å². The fourth-order valence-electron chi connectivity index (χ4n) is 2.89. The summed E-state index contributed by atoms with van der Waals surface area (Å²) in [5.74, 6) is -2.30. The van der Waals surface area contributed by atoms with Crippen LogP contribution in [-0.4, -0.2) is 5.91 Å². The molecule has 1 aromatic heterocycles. The van der Waals surface area contributed by atoms with Crippen LogP contribution < -0.4 is 5.32 Å². The summed E-state index contributed by atoms with van der Waals surface area (Å²) >= 11 is 1.61. The number of halogens is 2. The van der Waals surface area contributed by atoms with Gasteiger partial charge in [-0.1, -0.05) is 18.9 Å². The van der Waals surface area contributed by atoms with Crippen molar-refractivity contribution >= 4 is 17.2 Å². The second-order valence-electron chi connectivity index (χ2n) is 5.35. The number of carbonyl (C=O) groups excluding carboxylic acids is 1. The van der Waals surface area contributed by atoms with Crippen molar-refractivity contribution in [2.75, 3.05) is 0 Å².